The number of esters is 2. The Labute approximate surface area is 246 Å². The van der Waals surface area contributed by atoms with Crippen molar-refractivity contribution in [1.29, 1.82) is 0 Å². The number of aldehydes is 1. The topological polar surface area (TPSA) is 97.4 Å². The van der Waals surface area contributed by atoms with Gasteiger partial charge in [-0.2, -0.15) is 0 Å². The molecule has 1 aliphatic carbocycles. The Morgan fingerprint density at radius 2 is 1.49 bits per heavy atom. The first kappa shape index (κ1) is 36.0. The molecule has 0 bridgehead atoms. The maximum Gasteiger partial charge on any atom is 0.343 e. The molecular formula is C32H48O8Si. The standard InChI is InChI=1S/C32H48O8Si/c1-23(20-22-33)38-29(35)25-26(36-9)27(37-10)28(40-41(11,12)31(5,6)7)32(25,8)21-18-16-14-13-15-17-19-24(34)39-30(2,3)4/h13-22,27-28H,1-12H3/b15-13-,16-14+,19-17-,21-18+,23-20+/t27-,28+,32+/m0/s1. The summed E-state index contributed by atoms with van der Waals surface area (Å²) >= 11 is 0. The second kappa shape index (κ2) is 14.7. The largest absolute Gasteiger partial charge is 0.498 e. The van der Waals surface area contributed by atoms with Gasteiger partial charge in [-0.15, -0.1) is 0 Å². The summed E-state index contributed by atoms with van der Waals surface area (Å²) in [5, 5.41) is -0.104. The van der Waals surface area contributed by atoms with E-state index in [1.807, 2.05) is 39.8 Å². The number of carbonyl (C=O) groups excluding carboxylic acids is 3. The molecule has 1 rings (SSSR count). The Hall–Kier alpha value is -3.01. The predicted octanol–water partition coefficient (Wildman–Crippen LogP) is 6.52. The molecule has 0 fully saturated rings. The molecule has 0 saturated carbocycles. The molecule has 0 saturated heterocycles. The summed E-state index contributed by atoms with van der Waals surface area (Å²) < 4.78 is 29.2. The van der Waals surface area contributed by atoms with Crippen LogP contribution in [0.3, 0.4) is 0 Å². The van der Waals surface area contributed by atoms with Gasteiger partial charge in [-0.25, -0.2) is 9.59 Å². The highest BCUT2D eigenvalue weighted by Crippen LogP contribution is 2.51. The van der Waals surface area contributed by atoms with Crippen molar-refractivity contribution in [2.45, 2.75) is 91.3 Å². The monoisotopic (exact) mass is 588 g/mol. The molecule has 9 heteroatoms. The van der Waals surface area contributed by atoms with Crippen LogP contribution in [0.1, 0.15) is 55.4 Å². The van der Waals surface area contributed by atoms with Crippen molar-refractivity contribution in [3.05, 3.63) is 71.8 Å². The highest BCUT2D eigenvalue weighted by atomic mass is 28.4. The first-order valence-corrected chi connectivity index (χ1v) is 16.5. The molecule has 0 aliphatic heterocycles. The van der Waals surface area contributed by atoms with Crippen LogP contribution in [0.25, 0.3) is 0 Å². The maximum atomic E-state index is 13.5. The molecule has 8 nitrogen and oxygen atoms in total. The zero-order valence-electron chi connectivity index (χ0n) is 26.7. The third-order valence-corrected chi connectivity index (χ3v) is 11.5. The zero-order valence-corrected chi connectivity index (χ0v) is 27.7. The number of rotatable bonds is 12. The van der Waals surface area contributed by atoms with Crippen molar-refractivity contribution in [2.24, 2.45) is 5.41 Å². The number of hydrogen-bond acceptors (Lipinski definition) is 8. The van der Waals surface area contributed by atoms with Crippen molar-refractivity contribution < 1.29 is 37.8 Å². The molecule has 0 radical (unpaired) electrons. The van der Waals surface area contributed by atoms with E-state index in [0.29, 0.717) is 12.0 Å². The first-order valence-electron chi connectivity index (χ1n) is 13.6. The fourth-order valence-corrected chi connectivity index (χ4v) is 5.29. The lowest BCUT2D eigenvalue weighted by Crippen LogP contribution is -2.51. The number of carbonyl (C=O) groups is 3. The summed E-state index contributed by atoms with van der Waals surface area (Å²) in [4.78, 5) is 36.2. The molecule has 0 aromatic heterocycles. The average molecular weight is 589 g/mol. The summed E-state index contributed by atoms with van der Waals surface area (Å²) in [5.41, 5.74) is -1.29. The van der Waals surface area contributed by atoms with E-state index in [4.69, 9.17) is 23.4 Å². The van der Waals surface area contributed by atoms with Crippen molar-refractivity contribution in [1.82, 2.24) is 0 Å². The summed E-state index contributed by atoms with van der Waals surface area (Å²) in [7, 11) is 0.693. The summed E-state index contributed by atoms with van der Waals surface area (Å²) in [6.45, 7) is 19.6. The van der Waals surface area contributed by atoms with Crippen LogP contribution in [0.4, 0.5) is 0 Å². The summed E-state index contributed by atoms with van der Waals surface area (Å²) in [6.07, 6.45) is 14.2. The minimum atomic E-state index is -2.34. The second-order valence-electron chi connectivity index (χ2n) is 12.5. The van der Waals surface area contributed by atoms with Crippen LogP contribution in [-0.4, -0.2) is 58.6 Å². The fourth-order valence-electron chi connectivity index (χ4n) is 3.94. The van der Waals surface area contributed by atoms with Crippen LogP contribution in [0, 0.1) is 5.41 Å². The van der Waals surface area contributed by atoms with E-state index in [2.05, 4.69) is 33.9 Å². The minimum absolute atomic E-state index is 0.104. The molecule has 228 valence electrons. The van der Waals surface area contributed by atoms with Gasteiger partial charge in [0, 0.05) is 24.7 Å². The second-order valence-corrected chi connectivity index (χ2v) is 17.3. The maximum absolute atomic E-state index is 13.5. The third-order valence-electron chi connectivity index (χ3n) is 7.01. The quantitative estimate of drug-likeness (QED) is 0.0634. The van der Waals surface area contributed by atoms with Gasteiger partial charge < -0.3 is 23.4 Å². The van der Waals surface area contributed by atoms with Gasteiger partial charge in [-0.3, -0.25) is 4.79 Å². The smallest absolute Gasteiger partial charge is 0.343 e. The van der Waals surface area contributed by atoms with Crippen LogP contribution < -0.4 is 0 Å². The number of allylic oxidation sites excluding steroid dienone is 8. The molecule has 3 atom stereocenters. The van der Waals surface area contributed by atoms with Crippen LogP contribution >= 0.6 is 0 Å². The molecule has 1 aliphatic rings. The van der Waals surface area contributed by atoms with Crippen LogP contribution in [0.2, 0.25) is 18.1 Å². The molecule has 0 amide bonds. The van der Waals surface area contributed by atoms with Gasteiger partial charge in [0.25, 0.3) is 0 Å². The molecular weight excluding hydrogens is 540 g/mol. The predicted molar refractivity (Wildman–Crippen MR) is 163 cm³/mol. The summed E-state index contributed by atoms with van der Waals surface area (Å²) in [5.74, 6) is -0.585. The molecule has 0 unspecified atom stereocenters. The van der Waals surface area contributed by atoms with Crippen LogP contribution in [-0.2, 0) is 37.8 Å². The minimum Gasteiger partial charge on any atom is -0.498 e. The third kappa shape index (κ3) is 10.1. The van der Waals surface area contributed by atoms with Gasteiger partial charge >= 0.3 is 11.9 Å². The van der Waals surface area contributed by atoms with E-state index in [-0.39, 0.29) is 16.4 Å². The molecule has 0 heterocycles. The van der Waals surface area contributed by atoms with Crippen molar-refractivity contribution in [3.63, 3.8) is 0 Å². The molecule has 0 aromatic carbocycles. The van der Waals surface area contributed by atoms with Gasteiger partial charge in [0.15, 0.2) is 8.32 Å². The SMILES string of the molecule is COC1=C(C(=O)O/C(C)=C/C=O)[C@@](C)(/C=C/C=C/C=C\C=C/C(=O)OC(C)(C)C)[C@H](O[Si](C)(C)C(C)(C)C)[C@H]1OC. The number of methoxy groups -OCH3 is 2. The molecule has 0 aromatic rings. The highest BCUT2D eigenvalue weighted by molar-refractivity contribution is 6.74. The summed E-state index contributed by atoms with van der Waals surface area (Å²) in [6, 6.07) is 0. The molecule has 41 heavy (non-hydrogen) atoms. The Morgan fingerprint density at radius 1 is 0.927 bits per heavy atom. The van der Waals surface area contributed by atoms with E-state index < -0.39 is 43.5 Å². The van der Waals surface area contributed by atoms with Crippen LogP contribution in [0.5, 0.6) is 0 Å². The van der Waals surface area contributed by atoms with E-state index >= 15 is 0 Å². The lowest BCUT2D eigenvalue weighted by molar-refractivity contribution is -0.148. The lowest BCUT2D eigenvalue weighted by atomic mass is 9.80. The normalized spacial score (nSPS) is 22.9. The van der Waals surface area contributed by atoms with Gasteiger partial charge in [0.1, 0.15) is 29.5 Å². The molecule has 0 spiro atoms. The Balaban J connectivity index is 3.45. The van der Waals surface area contributed by atoms with Gasteiger partial charge in [-0.1, -0.05) is 63.3 Å². The van der Waals surface area contributed by atoms with Gasteiger partial charge in [0.05, 0.1) is 18.8 Å². The van der Waals surface area contributed by atoms with Crippen molar-refractivity contribution >= 4 is 26.5 Å². The highest BCUT2D eigenvalue weighted by Gasteiger charge is 2.57. The first-order chi connectivity index (χ1) is 18.8. The number of hydrogen-bond donors (Lipinski definition) is 0. The van der Waals surface area contributed by atoms with E-state index in [0.717, 1.165) is 0 Å². The Bertz CT molecular complexity index is 1130. The van der Waals surface area contributed by atoms with Crippen LogP contribution in [0.15, 0.2) is 71.8 Å². The van der Waals surface area contributed by atoms with E-state index in [9.17, 15) is 14.4 Å². The van der Waals surface area contributed by atoms with E-state index in [1.54, 1.807) is 37.5 Å². The Morgan fingerprint density at radius 3 is 1.98 bits per heavy atom. The van der Waals surface area contributed by atoms with Gasteiger partial charge in [-0.05, 0) is 52.8 Å². The average Bonchev–Trinajstić information content (AvgIpc) is 3.05. The fraction of sp³-hybridized carbons (Fsp3) is 0.531. The zero-order chi connectivity index (χ0) is 31.6. The van der Waals surface area contributed by atoms with Crippen molar-refractivity contribution in [3.8, 4) is 0 Å². The Kier molecular flexibility index (Phi) is 13.0. The van der Waals surface area contributed by atoms with E-state index in [1.165, 1.54) is 26.2 Å². The molecule has 0 N–H and O–H groups in total. The van der Waals surface area contributed by atoms with Gasteiger partial charge in [0.2, 0.25) is 0 Å². The lowest BCUT2D eigenvalue weighted by Gasteiger charge is -2.43. The number of ether oxygens (including phenoxy) is 4. The van der Waals surface area contributed by atoms with Crippen molar-refractivity contribution in [2.75, 3.05) is 14.2 Å².